The van der Waals surface area contributed by atoms with Gasteiger partial charge in [-0.15, -0.1) is 0 Å². The summed E-state index contributed by atoms with van der Waals surface area (Å²) in [5.74, 6) is -0.810. The predicted octanol–water partition coefficient (Wildman–Crippen LogP) is -1.52. The van der Waals surface area contributed by atoms with Gasteiger partial charge in [0.1, 0.15) is 5.75 Å². The monoisotopic (exact) mass is 250 g/mol. The molecule has 0 bridgehead atoms. The van der Waals surface area contributed by atoms with E-state index >= 15 is 0 Å². The first-order valence-corrected chi connectivity index (χ1v) is 7.05. The van der Waals surface area contributed by atoms with Crippen LogP contribution in [0.15, 0.2) is 0 Å². The largest absolute Gasteiger partial charge is 0.384 e. The zero-order chi connectivity index (χ0) is 12.0. The summed E-state index contributed by atoms with van der Waals surface area (Å²) in [5, 5.41) is 3.10. The molecule has 1 heterocycles. The lowest BCUT2D eigenvalue weighted by atomic mass is 10.3. The maximum atomic E-state index is 11.7. The quantitative estimate of drug-likeness (QED) is 0.641. The fraction of sp³-hybridized carbons (Fsp3) is 0.889. The van der Waals surface area contributed by atoms with E-state index in [1.54, 1.807) is 4.90 Å². The van der Waals surface area contributed by atoms with E-state index in [1.165, 1.54) is 7.11 Å². The van der Waals surface area contributed by atoms with Gasteiger partial charge in [0, 0.05) is 33.3 Å². The number of rotatable bonds is 5. The maximum Gasteiger partial charge on any atom is 0.237 e. The highest BCUT2D eigenvalue weighted by atomic mass is 32.2. The minimum absolute atomic E-state index is 0.0959. The van der Waals surface area contributed by atoms with E-state index in [9.17, 15) is 13.2 Å². The number of carbonyl (C=O) groups is 1. The normalized spacial score (nSPS) is 17.4. The van der Waals surface area contributed by atoms with Crippen LogP contribution < -0.4 is 5.32 Å². The van der Waals surface area contributed by atoms with Gasteiger partial charge in [0.05, 0.1) is 12.4 Å². The molecule has 1 fully saturated rings. The van der Waals surface area contributed by atoms with Crippen LogP contribution in [0.3, 0.4) is 0 Å². The van der Waals surface area contributed by atoms with E-state index in [0.29, 0.717) is 13.1 Å². The molecule has 0 saturated carbocycles. The molecule has 0 atom stereocenters. The molecule has 16 heavy (non-hydrogen) atoms. The van der Waals surface area contributed by atoms with Crippen LogP contribution in [0.5, 0.6) is 0 Å². The Morgan fingerprint density at radius 3 is 2.56 bits per heavy atom. The van der Waals surface area contributed by atoms with Gasteiger partial charge < -0.3 is 15.0 Å². The molecule has 1 rings (SSSR count). The minimum atomic E-state index is -3.33. The third-order valence-corrected chi connectivity index (χ3v) is 3.89. The summed E-state index contributed by atoms with van der Waals surface area (Å²) >= 11 is 0. The lowest BCUT2D eigenvalue weighted by molar-refractivity contribution is -0.128. The second-order valence-electron chi connectivity index (χ2n) is 3.72. The molecule has 6 nitrogen and oxygen atoms in total. The Bertz CT molecular complexity index is 322. The number of piperazine rings is 1. The summed E-state index contributed by atoms with van der Waals surface area (Å²) in [7, 11) is -1.89. The first kappa shape index (κ1) is 13.4. The zero-order valence-corrected chi connectivity index (χ0v) is 10.3. The van der Waals surface area contributed by atoms with E-state index in [1.807, 2.05) is 0 Å². The number of carbonyl (C=O) groups excluding carboxylic acids is 1. The van der Waals surface area contributed by atoms with Gasteiger partial charge in [-0.1, -0.05) is 0 Å². The third-order valence-electron chi connectivity index (χ3n) is 2.41. The number of nitrogens with one attached hydrogen (secondary N) is 1. The minimum Gasteiger partial charge on any atom is -0.384 e. The van der Waals surface area contributed by atoms with Gasteiger partial charge in [-0.05, 0) is 0 Å². The molecular formula is C9H18N2O4S. The van der Waals surface area contributed by atoms with Gasteiger partial charge in [-0.2, -0.15) is 0 Å². The molecule has 1 N–H and O–H groups in total. The van der Waals surface area contributed by atoms with Gasteiger partial charge >= 0.3 is 0 Å². The number of hydrogen-bond donors (Lipinski definition) is 1. The average Bonchev–Trinajstić information content (AvgIpc) is 2.27. The Kier molecular flexibility index (Phi) is 5.17. The van der Waals surface area contributed by atoms with E-state index in [2.05, 4.69) is 5.32 Å². The molecule has 0 aliphatic carbocycles. The highest BCUT2D eigenvalue weighted by Crippen LogP contribution is 1.98. The van der Waals surface area contributed by atoms with Crippen molar-refractivity contribution in [3.8, 4) is 0 Å². The highest BCUT2D eigenvalue weighted by molar-refractivity contribution is 7.92. The van der Waals surface area contributed by atoms with Crippen molar-refractivity contribution in [2.45, 2.75) is 0 Å². The Labute approximate surface area is 95.9 Å². The number of amides is 1. The molecule has 0 aromatic carbocycles. The molecule has 7 heteroatoms. The van der Waals surface area contributed by atoms with Gasteiger partial charge in [-0.3, -0.25) is 4.79 Å². The number of methoxy groups -OCH3 is 1. The van der Waals surface area contributed by atoms with E-state index < -0.39 is 15.6 Å². The second-order valence-corrected chi connectivity index (χ2v) is 5.90. The summed E-state index contributed by atoms with van der Waals surface area (Å²) in [6, 6.07) is 0. The van der Waals surface area contributed by atoms with Gasteiger partial charge in [0.15, 0.2) is 9.84 Å². The number of nitrogens with zero attached hydrogens (tertiary/aromatic N) is 1. The molecule has 0 unspecified atom stereocenters. The van der Waals surface area contributed by atoms with Crippen LogP contribution in [0, 0.1) is 0 Å². The maximum absolute atomic E-state index is 11.7. The third kappa shape index (κ3) is 4.46. The Balaban J connectivity index is 2.43. The molecule has 0 radical (unpaired) electrons. The van der Waals surface area contributed by atoms with Crippen LogP contribution in [-0.4, -0.2) is 70.6 Å². The van der Waals surface area contributed by atoms with Crippen molar-refractivity contribution in [2.24, 2.45) is 0 Å². The summed E-state index contributed by atoms with van der Waals surface area (Å²) in [4.78, 5) is 13.2. The molecule has 1 aliphatic heterocycles. The van der Waals surface area contributed by atoms with Crippen LogP contribution in [0.25, 0.3) is 0 Å². The standard InChI is InChI=1S/C9H18N2O4S/c1-15-6-7-16(13,14)8-9(12)11-4-2-10-3-5-11/h10H,2-8H2,1H3. The van der Waals surface area contributed by atoms with Crippen molar-refractivity contribution >= 4 is 15.7 Å². The molecular weight excluding hydrogens is 232 g/mol. The number of ether oxygens (including phenoxy) is 1. The smallest absolute Gasteiger partial charge is 0.237 e. The first-order chi connectivity index (χ1) is 7.55. The van der Waals surface area contributed by atoms with Crippen molar-refractivity contribution in [3.05, 3.63) is 0 Å². The molecule has 0 spiro atoms. The number of hydrogen-bond acceptors (Lipinski definition) is 5. The second kappa shape index (κ2) is 6.17. The average molecular weight is 250 g/mol. The van der Waals surface area contributed by atoms with Crippen LogP contribution in [0.4, 0.5) is 0 Å². The van der Waals surface area contributed by atoms with Crippen molar-refractivity contribution in [2.75, 3.05) is 51.4 Å². The Morgan fingerprint density at radius 2 is 2.00 bits per heavy atom. The Hall–Kier alpha value is -0.660. The van der Waals surface area contributed by atoms with Crippen LogP contribution >= 0.6 is 0 Å². The van der Waals surface area contributed by atoms with Crippen LogP contribution in [0.1, 0.15) is 0 Å². The predicted molar refractivity (Wildman–Crippen MR) is 60.0 cm³/mol. The lowest BCUT2D eigenvalue weighted by Crippen LogP contribution is -2.48. The van der Waals surface area contributed by atoms with Crippen molar-refractivity contribution in [1.82, 2.24) is 10.2 Å². The zero-order valence-electron chi connectivity index (χ0n) is 9.44. The fourth-order valence-corrected chi connectivity index (χ4v) is 2.60. The molecule has 1 saturated heterocycles. The van der Waals surface area contributed by atoms with E-state index in [-0.39, 0.29) is 18.3 Å². The summed E-state index contributed by atoms with van der Waals surface area (Å²) in [6.45, 7) is 2.75. The molecule has 1 amide bonds. The Morgan fingerprint density at radius 1 is 1.38 bits per heavy atom. The van der Waals surface area contributed by atoms with Gasteiger partial charge in [0.25, 0.3) is 0 Å². The number of sulfone groups is 1. The fourth-order valence-electron chi connectivity index (χ4n) is 1.48. The van der Waals surface area contributed by atoms with Crippen molar-refractivity contribution in [3.63, 3.8) is 0 Å². The van der Waals surface area contributed by atoms with E-state index in [4.69, 9.17) is 4.74 Å². The first-order valence-electron chi connectivity index (χ1n) is 5.23. The highest BCUT2D eigenvalue weighted by Gasteiger charge is 2.22. The summed E-state index contributed by atoms with van der Waals surface area (Å²) in [6.07, 6.45) is 0. The van der Waals surface area contributed by atoms with Crippen molar-refractivity contribution < 1.29 is 17.9 Å². The lowest BCUT2D eigenvalue weighted by Gasteiger charge is -2.27. The van der Waals surface area contributed by atoms with Crippen LogP contribution in [-0.2, 0) is 19.4 Å². The summed E-state index contributed by atoms with van der Waals surface area (Å²) in [5.41, 5.74) is 0. The van der Waals surface area contributed by atoms with Crippen molar-refractivity contribution in [1.29, 1.82) is 0 Å². The SMILES string of the molecule is COCCS(=O)(=O)CC(=O)N1CCNCC1. The molecule has 0 aromatic heterocycles. The molecule has 94 valence electrons. The molecule has 0 aromatic rings. The van der Waals surface area contributed by atoms with Crippen LogP contribution in [0.2, 0.25) is 0 Å². The molecule has 1 aliphatic rings. The topological polar surface area (TPSA) is 75.7 Å². The van der Waals surface area contributed by atoms with E-state index in [0.717, 1.165) is 13.1 Å². The van der Waals surface area contributed by atoms with Gasteiger partial charge in [0.2, 0.25) is 5.91 Å². The summed E-state index contributed by atoms with van der Waals surface area (Å²) < 4.78 is 27.7. The van der Waals surface area contributed by atoms with Gasteiger partial charge in [-0.25, -0.2) is 8.42 Å².